The van der Waals surface area contributed by atoms with E-state index >= 15 is 0 Å². The van der Waals surface area contributed by atoms with E-state index in [2.05, 4.69) is 52.8 Å². The topological polar surface area (TPSA) is 43.8 Å². The minimum Gasteiger partial charge on any atom is -0.319 e. The van der Waals surface area contributed by atoms with Gasteiger partial charge in [0.15, 0.2) is 0 Å². The Bertz CT molecular complexity index is 493. The van der Waals surface area contributed by atoms with Crippen LogP contribution in [0.25, 0.3) is 0 Å². The highest BCUT2D eigenvalue weighted by molar-refractivity contribution is 14.1. The summed E-state index contributed by atoms with van der Waals surface area (Å²) < 4.78 is 3.20. The van der Waals surface area contributed by atoms with Gasteiger partial charge in [0.2, 0.25) is 0 Å². The lowest BCUT2D eigenvalue weighted by molar-refractivity contribution is 0.559. The Kier molecular flexibility index (Phi) is 4.17. The number of nitrogens with zero attached hydrogens (tertiary/aromatic N) is 2. The molecule has 2 aromatic rings. The van der Waals surface area contributed by atoms with Gasteiger partial charge in [0.05, 0.1) is 11.7 Å². The van der Waals surface area contributed by atoms with E-state index in [0.717, 1.165) is 24.2 Å². The van der Waals surface area contributed by atoms with Crippen LogP contribution in [0.4, 0.5) is 0 Å². The lowest BCUT2D eigenvalue weighted by atomic mass is 10.0. The van der Waals surface area contributed by atoms with Crippen molar-refractivity contribution in [3.05, 3.63) is 51.4 Å². The molecule has 1 unspecified atom stereocenters. The van der Waals surface area contributed by atoms with Crippen molar-refractivity contribution < 1.29 is 0 Å². The fourth-order valence-electron chi connectivity index (χ4n) is 1.88. The lowest BCUT2D eigenvalue weighted by Gasteiger charge is -2.14. The van der Waals surface area contributed by atoms with Crippen LogP contribution in [0, 0.1) is 3.57 Å². The smallest absolute Gasteiger partial charge is 0.0723 e. The third-order valence-corrected chi connectivity index (χ3v) is 3.38. The molecular weight excluding hydrogens is 325 g/mol. The number of aryl methyl sites for hydroxylation is 1. The molecule has 1 heterocycles. The predicted molar refractivity (Wildman–Crippen MR) is 77.7 cm³/mol. The molecule has 0 aliphatic carbocycles. The summed E-state index contributed by atoms with van der Waals surface area (Å²) in [5.74, 6) is 0. The van der Waals surface area contributed by atoms with Crippen molar-refractivity contribution in [2.24, 2.45) is 5.73 Å². The van der Waals surface area contributed by atoms with E-state index in [1.165, 1.54) is 3.57 Å². The van der Waals surface area contributed by atoms with Crippen LogP contribution in [0.5, 0.6) is 0 Å². The van der Waals surface area contributed by atoms with E-state index in [-0.39, 0.29) is 6.04 Å². The average Bonchev–Trinajstić information content (AvgIpc) is 2.77. The second kappa shape index (κ2) is 5.64. The fraction of sp³-hybridized carbons (Fsp3) is 0.308. The van der Waals surface area contributed by atoms with Crippen molar-refractivity contribution in [3.8, 4) is 0 Å². The molecule has 0 bridgehead atoms. The molecule has 0 fully saturated rings. The van der Waals surface area contributed by atoms with Crippen LogP contribution in [0.1, 0.15) is 30.6 Å². The summed E-state index contributed by atoms with van der Waals surface area (Å²) in [4.78, 5) is 0. The molecule has 1 atom stereocenters. The predicted octanol–water partition coefficient (Wildman–Crippen LogP) is 2.95. The van der Waals surface area contributed by atoms with E-state index in [9.17, 15) is 0 Å². The summed E-state index contributed by atoms with van der Waals surface area (Å²) in [6, 6.07) is 10.2. The number of hydrogen-bond donors (Lipinski definition) is 1. The second-order valence-electron chi connectivity index (χ2n) is 4.01. The molecule has 0 spiro atoms. The van der Waals surface area contributed by atoms with Gasteiger partial charge in [-0.15, -0.1) is 0 Å². The van der Waals surface area contributed by atoms with Crippen LogP contribution in [0.3, 0.4) is 0 Å². The first-order valence-electron chi connectivity index (χ1n) is 5.75. The van der Waals surface area contributed by atoms with E-state index in [1.54, 1.807) is 0 Å². The number of halogens is 1. The maximum atomic E-state index is 6.30. The number of aromatic nitrogens is 2. The molecule has 1 aromatic carbocycles. The Labute approximate surface area is 115 Å². The quantitative estimate of drug-likeness (QED) is 0.869. The van der Waals surface area contributed by atoms with Crippen LogP contribution in [-0.4, -0.2) is 9.78 Å². The number of nitrogens with two attached hydrogens (primary N) is 1. The van der Waals surface area contributed by atoms with Crippen molar-refractivity contribution >= 4 is 22.6 Å². The summed E-state index contributed by atoms with van der Waals surface area (Å²) >= 11 is 2.30. The molecule has 3 nitrogen and oxygen atoms in total. The first kappa shape index (κ1) is 12.6. The number of rotatable bonds is 4. The molecule has 17 heavy (non-hydrogen) atoms. The maximum absolute atomic E-state index is 6.30. The zero-order valence-corrected chi connectivity index (χ0v) is 12.0. The van der Waals surface area contributed by atoms with Crippen molar-refractivity contribution in [2.45, 2.75) is 25.9 Å². The summed E-state index contributed by atoms with van der Waals surface area (Å²) in [5.41, 5.74) is 8.51. The Morgan fingerprint density at radius 1 is 1.41 bits per heavy atom. The van der Waals surface area contributed by atoms with Crippen LogP contribution >= 0.6 is 22.6 Å². The lowest BCUT2D eigenvalue weighted by Crippen LogP contribution is -2.17. The Morgan fingerprint density at radius 2 is 2.24 bits per heavy atom. The molecular formula is C13H16IN3. The Hall–Kier alpha value is -0.880. The summed E-state index contributed by atoms with van der Waals surface area (Å²) in [6.07, 6.45) is 2.88. The summed E-state index contributed by atoms with van der Waals surface area (Å²) in [6.45, 7) is 3.06. The van der Waals surface area contributed by atoms with Gasteiger partial charge < -0.3 is 5.73 Å². The van der Waals surface area contributed by atoms with Gasteiger partial charge >= 0.3 is 0 Å². The van der Waals surface area contributed by atoms with Gasteiger partial charge in [0.1, 0.15) is 0 Å². The first-order chi connectivity index (χ1) is 8.22. The van der Waals surface area contributed by atoms with Crippen LogP contribution in [-0.2, 0) is 6.54 Å². The van der Waals surface area contributed by atoms with Gasteiger partial charge in [-0.25, -0.2) is 0 Å². The standard InChI is InChI=1S/C13H16IN3/c1-2-8-17-12(6-7-16-17)13(15)10-4-3-5-11(14)9-10/h3-7,9,13H,2,8,15H2,1H3. The van der Waals surface area contributed by atoms with Gasteiger partial charge in [0, 0.05) is 16.3 Å². The molecule has 4 heteroatoms. The number of hydrogen-bond acceptors (Lipinski definition) is 2. The molecule has 0 amide bonds. The highest BCUT2D eigenvalue weighted by atomic mass is 127. The third-order valence-electron chi connectivity index (χ3n) is 2.71. The Balaban J connectivity index is 2.30. The fourth-order valence-corrected chi connectivity index (χ4v) is 2.44. The molecule has 0 aliphatic rings. The van der Waals surface area contributed by atoms with E-state index in [1.807, 2.05) is 23.0 Å². The van der Waals surface area contributed by atoms with Gasteiger partial charge in [-0.2, -0.15) is 5.10 Å². The Morgan fingerprint density at radius 3 is 2.94 bits per heavy atom. The van der Waals surface area contributed by atoms with Crippen LogP contribution in [0.2, 0.25) is 0 Å². The van der Waals surface area contributed by atoms with Crippen molar-refractivity contribution in [2.75, 3.05) is 0 Å². The molecule has 2 rings (SSSR count). The van der Waals surface area contributed by atoms with Crippen molar-refractivity contribution in [3.63, 3.8) is 0 Å². The summed E-state index contributed by atoms with van der Waals surface area (Å²) in [7, 11) is 0. The highest BCUT2D eigenvalue weighted by Crippen LogP contribution is 2.21. The molecule has 0 radical (unpaired) electrons. The van der Waals surface area contributed by atoms with Gasteiger partial charge in [-0.3, -0.25) is 4.68 Å². The minimum atomic E-state index is -0.0984. The SMILES string of the molecule is CCCn1nccc1C(N)c1cccc(I)c1. The molecule has 0 saturated heterocycles. The monoisotopic (exact) mass is 341 g/mol. The average molecular weight is 341 g/mol. The van der Waals surface area contributed by atoms with Crippen molar-refractivity contribution in [1.29, 1.82) is 0 Å². The summed E-state index contributed by atoms with van der Waals surface area (Å²) in [5, 5.41) is 4.31. The highest BCUT2D eigenvalue weighted by Gasteiger charge is 2.13. The van der Waals surface area contributed by atoms with Gasteiger partial charge in [-0.05, 0) is 52.8 Å². The molecule has 0 saturated carbocycles. The molecule has 2 N–H and O–H groups in total. The normalized spacial score (nSPS) is 12.6. The van der Waals surface area contributed by atoms with Gasteiger partial charge in [-0.1, -0.05) is 19.1 Å². The molecule has 0 aliphatic heterocycles. The largest absolute Gasteiger partial charge is 0.319 e. The van der Waals surface area contributed by atoms with E-state index in [4.69, 9.17) is 5.73 Å². The van der Waals surface area contributed by atoms with Crippen LogP contribution in [0.15, 0.2) is 36.5 Å². The van der Waals surface area contributed by atoms with Crippen molar-refractivity contribution in [1.82, 2.24) is 9.78 Å². The van der Waals surface area contributed by atoms with E-state index < -0.39 is 0 Å². The van der Waals surface area contributed by atoms with Gasteiger partial charge in [0.25, 0.3) is 0 Å². The third kappa shape index (κ3) is 2.87. The minimum absolute atomic E-state index is 0.0984. The maximum Gasteiger partial charge on any atom is 0.0723 e. The molecule has 1 aromatic heterocycles. The van der Waals surface area contributed by atoms with Crippen LogP contribution < -0.4 is 5.73 Å². The zero-order valence-electron chi connectivity index (χ0n) is 9.81. The van der Waals surface area contributed by atoms with E-state index in [0.29, 0.717) is 0 Å². The zero-order chi connectivity index (χ0) is 12.3. The second-order valence-corrected chi connectivity index (χ2v) is 5.26. The number of benzene rings is 1. The molecule has 90 valence electrons. The first-order valence-corrected chi connectivity index (χ1v) is 6.83.